The number of Topliss-reactive ketones (excluding diaryl/α,β-unsaturated/α-hetero) is 1. The maximum absolute atomic E-state index is 12.6. The van der Waals surface area contributed by atoms with Crippen LogP contribution in [0.15, 0.2) is 42.7 Å². The molecular weight excluding hydrogens is 260 g/mol. The molecule has 1 heterocycles. The van der Waals surface area contributed by atoms with Crippen molar-refractivity contribution in [3.63, 3.8) is 0 Å². The van der Waals surface area contributed by atoms with Crippen LogP contribution in [0.25, 0.3) is 11.1 Å². The minimum Gasteiger partial charge on any atom is -0.398 e. The molecule has 108 valence electrons. The highest BCUT2D eigenvalue weighted by molar-refractivity contribution is 6.00. The molecule has 21 heavy (non-hydrogen) atoms. The van der Waals surface area contributed by atoms with Gasteiger partial charge in [-0.25, -0.2) is 0 Å². The smallest absolute Gasteiger partial charge is 0.165 e. The molecule has 3 heteroatoms. The van der Waals surface area contributed by atoms with Gasteiger partial charge in [0.1, 0.15) is 0 Å². The van der Waals surface area contributed by atoms with E-state index in [0.717, 1.165) is 29.5 Å². The predicted octanol–water partition coefficient (Wildman–Crippen LogP) is 4.09. The van der Waals surface area contributed by atoms with Gasteiger partial charge in [0, 0.05) is 40.7 Å². The molecule has 0 aliphatic heterocycles. The van der Waals surface area contributed by atoms with Crippen LogP contribution in [0.3, 0.4) is 0 Å². The van der Waals surface area contributed by atoms with Crippen molar-refractivity contribution < 1.29 is 4.79 Å². The second kappa shape index (κ2) is 6.08. The molecule has 1 fully saturated rings. The van der Waals surface area contributed by atoms with Crippen LogP contribution < -0.4 is 5.73 Å². The van der Waals surface area contributed by atoms with E-state index in [1.807, 2.05) is 30.3 Å². The van der Waals surface area contributed by atoms with Crippen molar-refractivity contribution in [1.29, 1.82) is 0 Å². The summed E-state index contributed by atoms with van der Waals surface area (Å²) in [5, 5.41) is 0. The fourth-order valence-electron chi connectivity index (χ4n) is 3.08. The number of pyridine rings is 1. The summed E-state index contributed by atoms with van der Waals surface area (Å²) in [4.78, 5) is 16.8. The lowest BCUT2D eigenvalue weighted by molar-refractivity contribution is 0.0889. The molecule has 3 rings (SSSR count). The molecule has 1 aromatic carbocycles. The minimum atomic E-state index is 0.184. The molecule has 0 unspecified atom stereocenters. The molecule has 0 bridgehead atoms. The fraction of sp³-hybridized carbons (Fsp3) is 0.333. The average molecular weight is 280 g/mol. The molecule has 0 radical (unpaired) electrons. The molecule has 1 aliphatic carbocycles. The zero-order valence-corrected chi connectivity index (χ0v) is 12.1. The summed E-state index contributed by atoms with van der Waals surface area (Å²) in [5.74, 6) is 0.448. The Morgan fingerprint density at radius 1 is 1.14 bits per heavy atom. The quantitative estimate of drug-likeness (QED) is 0.680. The molecule has 1 aliphatic rings. The predicted molar refractivity (Wildman–Crippen MR) is 85.0 cm³/mol. The Labute approximate surface area is 125 Å². The normalized spacial score (nSPS) is 15.8. The van der Waals surface area contributed by atoms with Crippen molar-refractivity contribution >= 4 is 11.5 Å². The summed E-state index contributed by atoms with van der Waals surface area (Å²) >= 11 is 0. The lowest BCUT2D eigenvalue weighted by Gasteiger charge is -2.20. The van der Waals surface area contributed by atoms with E-state index in [2.05, 4.69) is 4.98 Å². The van der Waals surface area contributed by atoms with Crippen molar-refractivity contribution in [2.75, 3.05) is 5.73 Å². The summed E-state index contributed by atoms with van der Waals surface area (Å²) in [7, 11) is 0. The largest absolute Gasteiger partial charge is 0.398 e. The molecule has 1 saturated carbocycles. The second-order valence-electron chi connectivity index (χ2n) is 5.74. The molecule has 0 atom stereocenters. The van der Waals surface area contributed by atoms with Crippen LogP contribution >= 0.6 is 0 Å². The third-order valence-corrected chi connectivity index (χ3v) is 4.29. The molecular formula is C18H20N2O. The zero-order chi connectivity index (χ0) is 14.7. The third kappa shape index (κ3) is 2.97. The average Bonchev–Trinajstić information content (AvgIpc) is 2.56. The first-order chi connectivity index (χ1) is 10.3. The summed E-state index contributed by atoms with van der Waals surface area (Å²) in [6.07, 6.45) is 9.14. The molecule has 0 saturated heterocycles. The summed E-state index contributed by atoms with van der Waals surface area (Å²) in [6, 6.07) is 9.45. The summed E-state index contributed by atoms with van der Waals surface area (Å²) in [6.45, 7) is 0. The van der Waals surface area contributed by atoms with Gasteiger partial charge in [-0.3, -0.25) is 9.78 Å². The van der Waals surface area contributed by atoms with E-state index in [1.165, 1.54) is 19.3 Å². The fourth-order valence-corrected chi connectivity index (χ4v) is 3.08. The van der Waals surface area contributed by atoms with Crippen LogP contribution in [0.5, 0.6) is 0 Å². The second-order valence-corrected chi connectivity index (χ2v) is 5.74. The standard InChI is InChI=1S/C18H20N2O/c19-17-9-8-14(18(21)13-5-2-1-3-6-13)11-16(17)15-7-4-10-20-12-15/h4,7-13H,1-3,5-6,19H2. The molecule has 0 amide bonds. The van der Waals surface area contributed by atoms with Crippen LogP contribution in [0.1, 0.15) is 42.5 Å². The highest BCUT2D eigenvalue weighted by atomic mass is 16.1. The van der Waals surface area contributed by atoms with Crippen molar-refractivity contribution in [2.45, 2.75) is 32.1 Å². The highest BCUT2D eigenvalue weighted by Gasteiger charge is 2.22. The van der Waals surface area contributed by atoms with E-state index in [4.69, 9.17) is 5.73 Å². The first kappa shape index (κ1) is 13.8. The first-order valence-corrected chi connectivity index (χ1v) is 7.60. The van der Waals surface area contributed by atoms with Gasteiger partial charge in [0.15, 0.2) is 5.78 Å². The lowest BCUT2D eigenvalue weighted by atomic mass is 9.83. The van der Waals surface area contributed by atoms with E-state index in [-0.39, 0.29) is 11.7 Å². The zero-order valence-electron chi connectivity index (χ0n) is 12.1. The van der Waals surface area contributed by atoms with Gasteiger partial charge < -0.3 is 5.73 Å². The monoisotopic (exact) mass is 280 g/mol. The Bertz CT molecular complexity index is 631. The highest BCUT2D eigenvalue weighted by Crippen LogP contribution is 2.30. The first-order valence-electron chi connectivity index (χ1n) is 7.60. The van der Waals surface area contributed by atoms with Crippen LogP contribution in [-0.4, -0.2) is 10.8 Å². The van der Waals surface area contributed by atoms with Gasteiger partial charge in [-0.15, -0.1) is 0 Å². The number of carbonyl (C=O) groups excluding carboxylic acids is 1. The molecule has 3 nitrogen and oxygen atoms in total. The Kier molecular flexibility index (Phi) is 4.00. The van der Waals surface area contributed by atoms with E-state index in [0.29, 0.717) is 5.69 Å². The van der Waals surface area contributed by atoms with E-state index in [9.17, 15) is 4.79 Å². The minimum absolute atomic E-state index is 0.184. The summed E-state index contributed by atoms with van der Waals surface area (Å²) in [5.41, 5.74) is 9.36. The Balaban J connectivity index is 1.92. The maximum atomic E-state index is 12.6. The van der Waals surface area contributed by atoms with Crippen LogP contribution in [0.4, 0.5) is 5.69 Å². The number of hydrogen-bond donors (Lipinski definition) is 1. The number of nitrogen functional groups attached to an aromatic ring is 1. The van der Waals surface area contributed by atoms with Crippen molar-refractivity contribution in [3.05, 3.63) is 48.3 Å². The Morgan fingerprint density at radius 2 is 1.95 bits per heavy atom. The van der Waals surface area contributed by atoms with Crippen molar-refractivity contribution in [2.24, 2.45) is 5.92 Å². The topological polar surface area (TPSA) is 56.0 Å². The maximum Gasteiger partial charge on any atom is 0.165 e. The number of nitrogens with two attached hydrogens (primary N) is 1. The number of ketones is 1. The number of hydrogen-bond acceptors (Lipinski definition) is 3. The molecule has 1 aromatic heterocycles. The van der Waals surface area contributed by atoms with Gasteiger partial charge in [0.05, 0.1) is 0 Å². The number of rotatable bonds is 3. The SMILES string of the molecule is Nc1ccc(C(=O)C2CCCCC2)cc1-c1cccnc1. The number of anilines is 1. The van der Waals surface area contributed by atoms with Gasteiger partial charge in [0.2, 0.25) is 0 Å². The number of benzene rings is 1. The van der Waals surface area contributed by atoms with E-state index in [1.54, 1.807) is 12.4 Å². The van der Waals surface area contributed by atoms with Crippen molar-refractivity contribution in [1.82, 2.24) is 4.98 Å². The number of nitrogens with zero attached hydrogens (tertiary/aromatic N) is 1. The lowest BCUT2D eigenvalue weighted by Crippen LogP contribution is -2.18. The Hall–Kier alpha value is -2.16. The summed E-state index contributed by atoms with van der Waals surface area (Å²) < 4.78 is 0. The van der Waals surface area contributed by atoms with E-state index < -0.39 is 0 Å². The van der Waals surface area contributed by atoms with Crippen LogP contribution in [0, 0.1) is 5.92 Å². The molecule has 0 spiro atoms. The number of aromatic nitrogens is 1. The van der Waals surface area contributed by atoms with Gasteiger partial charge in [-0.2, -0.15) is 0 Å². The van der Waals surface area contributed by atoms with Crippen molar-refractivity contribution in [3.8, 4) is 11.1 Å². The van der Waals surface area contributed by atoms with Gasteiger partial charge in [-0.1, -0.05) is 25.3 Å². The van der Waals surface area contributed by atoms with Gasteiger partial charge >= 0.3 is 0 Å². The van der Waals surface area contributed by atoms with Gasteiger partial charge in [-0.05, 0) is 37.1 Å². The Morgan fingerprint density at radius 3 is 2.67 bits per heavy atom. The van der Waals surface area contributed by atoms with E-state index >= 15 is 0 Å². The molecule has 2 N–H and O–H groups in total. The third-order valence-electron chi connectivity index (χ3n) is 4.29. The van der Waals surface area contributed by atoms with Gasteiger partial charge in [0.25, 0.3) is 0 Å². The van der Waals surface area contributed by atoms with Crippen LogP contribution in [-0.2, 0) is 0 Å². The number of carbonyl (C=O) groups is 1. The molecule has 2 aromatic rings. The van der Waals surface area contributed by atoms with Crippen LogP contribution in [0.2, 0.25) is 0 Å².